The maximum Gasteiger partial charge on any atom is 0.426 e. The lowest BCUT2D eigenvalue weighted by atomic mass is 9.79. The van der Waals surface area contributed by atoms with Crippen molar-refractivity contribution in [1.82, 2.24) is 0 Å². The van der Waals surface area contributed by atoms with Crippen LogP contribution in [0.15, 0.2) is 36.4 Å². The molecular formula is C23H28F2O. The highest BCUT2D eigenvalue weighted by molar-refractivity contribution is 5.40. The second kappa shape index (κ2) is 7.38. The van der Waals surface area contributed by atoms with Gasteiger partial charge in [-0.25, -0.2) is 0 Å². The summed E-state index contributed by atoms with van der Waals surface area (Å²) in [7, 11) is 0. The summed E-state index contributed by atoms with van der Waals surface area (Å²) in [5, 5.41) is 0. The number of alkyl halides is 2. The molecule has 3 rings (SSSR count). The molecule has 0 radical (unpaired) electrons. The quantitative estimate of drug-likeness (QED) is 0.570. The van der Waals surface area contributed by atoms with Crippen molar-refractivity contribution in [3.8, 4) is 5.75 Å². The van der Waals surface area contributed by atoms with Crippen LogP contribution in [0.1, 0.15) is 66.3 Å². The average molecular weight is 358 g/mol. The first-order valence-corrected chi connectivity index (χ1v) is 9.51. The van der Waals surface area contributed by atoms with Crippen LogP contribution >= 0.6 is 0 Å². The smallest absolute Gasteiger partial charge is 0.426 e. The normalized spacial score (nSPS) is 20.8. The molecule has 26 heavy (non-hydrogen) atoms. The fourth-order valence-electron chi connectivity index (χ4n) is 3.80. The Bertz CT molecular complexity index is 733. The Morgan fingerprint density at radius 1 is 0.885 bits per heavy atom. The van der Waals surface area contributed by atoms with Gasteiger partial charge >= 0.3 is 6.11 Å². The Hall–Kier alpha value is -1.90. The third-order valence-corrected chi connectivity index (χ3v) is 5.88. The zero-order chi connectivity index (χ0) is 18.9. The van der Waals surface area contributed by atoms with E-state index in [1.807, 2.05) is 32.9 Å². The molecule has 3 heteroatoms. The Labute approximate surface area is 155 Å². The average Bonchev–Trinajstić information content (AvgIpc) is 2.60. The van der Waals surface area contributed by atoms with Gasteiger partial charge in [0, 0.05) is 0 Å². The Morgan fingerprint density at radius 2 is 1.42 bits per heavy atom. The summed E-state index contributed by atoms with van der Waals surface area (Å²) < 4.78 is 34.3. The third kappa shape index (κ3) is 4.08. The molecule has 140 valence electrons. The lowest BCUT2D eigenvalue weighted by molar-refractivity contribution is -0.185. The zero-order valence-corrected chi connectivity index (χ0v) is 16.1. The van der Waals surface area contributed by atoms with Crippen LogP contribution < -0.4 is 4.74 Å². The van der Waals surface area contributed by atoms with Crippen LogP contribution in [0.3, 0.4) is 0 Å². The third-order valence-electron chi connectivity index (χ3n) is 5.88. The van der Waals surface area contributed by atoms with Crippen molar-refractivity contribution in [3.63, 3.8) is 0 Å². The van der Waals surface area contributed by atoms with Gasteiger partial charge in [-0.2, -0.15) is 8.78 Å². The maximum atomic E-state index is 14.6. The van der Waals surface area contributed by atoms with E-state index in [0.717, 1.165) is 35.4 Å². The van der Waals surface area contributed by atoms with Crippen molar-refractivity contribution in [2.45, 2.75) is 65.4 Å². The van der Waals surface area contributed by atoms with Crippen LogP contribution in [0.5, 0.6) is 5.75 Å². The highest BCUT2D eigenvalue weighted by atomic mass is 19.3. The fourth-order valence-corrected chi connectivity index (χ4v) is 3.80. The van der Waals surface area contributed by atoms with Gasteiger partial charge in [0.25, 0.3) is 0 Å². The standard InChI is InChI=1S/C23H28F2O/c1-15-5-7-19(8-6-15)20-9-11-21(12-10-20)23(24,25)26-22-13-16(2)18(4)17(3)14-22/h9-15,19H,5-8H2,1-4H3. The van der Waals surface area contributed by atoms with E-state index in [1.54, 1.807) is 12.1 Å². The first-order chi connectivity index (χ1) is 12.3. The van der Waals surface area contributed by atoms with Crippen LogP contribution in [-0.2, 0) is 6.11 Å². The van der Waals surface area contributed by atoms with Crippen LogP contribution in [-0.4, -0.2) is 0 Å². The van der Waals surface area contributed by atoms with Gasteiger partial charge in [-0.3, -0.25) is 0 Å². The van der Waals surface area contributed by atoms with Crippen molar-refractivity contribution in [2.24, 2.45) is 5.92 Å². The largest absolute Gasteiger partial charge is 0.429 e. The van der Waals surface area contributed by atoms with Crippen LogP contribution in [0.4, 0.5) is 8.78 Å². The Morgan fingerprint density at radius 3 is 1.96 bits per heavy atom. The molecule has 1 nitrogen and oxygen atoms in total. The number of halogens is 2. The van der Waals surface area contributed by atoms with Crippen LogP contribution in [0, 0.1) is 26.7 Å². The second-order valence-corrected chi connectivity index (χ2v) is 7.88. The first-order valence-electron chi connectivity index (χ1n) is 9.51. The predicted octanol–water partition coefficient (Wildman–Crippen LogP) is 7.03. The number of hydrogen-bond acceptors (Lipinski definition) is 1. The van der Waals surface area contributed by atoms with Gasteiger partial charge in [-0.15, -0.1) is 0 Å². The summed E-state index contributed by atoms with van der Waals surface area (Å²) in [5.74, 6) is 1.49. The molecule has 1 aliphatic rings. The van der Waals surface area contributed by atoms with Gasteiger partial charge in [0.1, 0.15) is 5.75 Å². The minimum Gasteiger partial charge on any atom is -0.429 e. The molecule has 0 bridgehead atoms. The van der Waals surface area contributed by atoms with E-state index in [2.05, 4.69) is 6.92 Å². The summed E-state index contributed by atoms with van der Waals surface area (Å²) >= 11 is 0. The highest BCUT2D eigenvalue weighted by Gasteiger charge is 2.35. The monoisotopic (exact) mass is 358 g/mol. The number of rotatable bonds is 4. The lowest BCUT2D eigenvalue weighted by Gasteiger charge is -2.27. The van der Waals surface area contributed by atoms with E-state index in [9.17, 15) is 8.78 Å². The molecule has 0 heterocycles. The van der Waals surface area contributed by atoms with Crippen molar-refractivity contribution >= 4 is 0 Å². The van der Waals surface area contributed by atoms with E-state index in [0.29, 0.717) is 5.92 Å². The highest BCUT2D eigenvalue weighted by Crippen LogP contribution is 2.37. The molecule has 2 aromatic rings. The van der Waals surface area contributed by atoms with E-state index >= 15 is 0 Å². The molecular weight excluding hydrogens is 330 g/mol. The first kappa shape index (κ1) is 18.9. The molecule has 0 spiro atoms. The summed E-state index contributed by atoms with van der Waals surface area (Å²) in [4.78, 5) is 0. The molecule has 2 aromatic carbocycles. The van der Waals surface area contributed by atoms with E-state index in [-0.39, 0.29) is 11.3 Å². The maximum absolute atomic E-state index is 14.6. The molecule has 0 unspecified atom stereocenters. The van der Waals surface area contributed by atoms with Crippen LogP contribution in [0.25, 0.3) is 0 Å². The zero-order valence-electron chi connectivity index (χ0n) is 16.1. The molecule has 1 saturated carbocycles. The van der Waals surface area contributed by atoms with Gasteiger partial charge in [0.15, 0.2) is 0 Å². The molecule has 1 aliphatic carbocycles. The number of benzene rings is 2. The fraction of sp³-hybridized carbons (Fsp3) is 0.478. The van der Waals surface area contributed by atoms with E-state index < -0.39 is 6.11 Å². The molecule has 0 amide bonds. The van der Waals surface area contributed by atoms with Crippen molar-refractivity contribution in [2.75, 3.05) is 0 Å². The molecule has 0 saturated heterocycles. The van der Waals surface area contributed by atoms with Gasteiger partial charge in [-0.1, -0.05) is 31.9 Å². The summed E-state index contributed by atoms with van der Waals surface area (Å²) in [6.45, 7) is 8.09. The number of ether oxygens (including phenoxy) is 1. The summed E-state index contributed by atoms with van der Waals surface area (Å²) in [6.07, 6.45) is 1.40. The molecule has 0 N–H and O–H groups in total. The van der Waals surface area contributed by atoms with Gasteiger partial charge in [-0.05, 0) is 92.0 Å². The molecule has 0 aromatic heterocycles. The topological polar surface area (TPSA) is 9.23 Å². The summed E-state index contributed by atoms with van der Waals surface area (Å²) in [5.41, 5.74) is 4.09. The SMILES string of the molecule is Cc1cc(OC(F)(F)c2ccc(C3CCC(C)CC3)cc2)cc(C)c1C. The van der Waals surface area contributed by atoms with Gasteiger partial charge in [0.2, 0.25) is 0 Å². The van der Waals surface area contributed by atoms with Gasteiger partial charge in [0.05, 0.1) is 5.56 Å². The Kier molecular flexibility index (Phi) is 5.36. The van der Waals surface area contributed by atoms with Crippen molar-refractivity contribution < 1.29 is 13.5 Å². The van der Waals surface area contributed by atoms with Crippen molar-refractivity contribution in [3.05, 3.63) is 64.2 Å². The van der Waals surface area contributed by atoms with E-state index in [1.165, 1.54) is 30.5 Å². The van der Waals surface area contributed by atoms with Crippen molar-refractivity contribution in [1.29, 1.82) is 0 Å². The minimum absolute atomic E-state index is 0.0960. The van der Waals surface area contributed by atoms with E-state index in [4.69, 9.17) is 4.74 Å². The second-order valence-electron chi connectivity index (χ2n) is 7.88. The lowest BCUT2D eigenvalue weighted by Crippen LogP contribution is -2.22. The predicted molar refractivity (Wildman–Crippen MR) is 102 cm³/mol. The number of hydrogen-bond donors (Lipinski definition) is 0. The molecule has 0 atom stereocenters. The minimum atomic E-state index is -3.34. The molecule has 1 fully saturated rings. The summed E-state index contributed by atoms with van der Waals surface area (Å²) in [6, 6.07) is 10.1. The number of aryl methyl sites for hydroxylation is 2. The van der Waals surface area contributed by atoms with Gasteiger partial charge < -0.3 is 4.74 Å². The molecule has 0 aliphatic heterocycles. The Balaban J connectivity index is 1.75. The van der Waals surface area contributed by atoms with Crippen LogP contribution in [0.2, 0.25) is 0 Å².